The molecule has 0 amide bonds. The number of nitrogens with zero attached hydrogens (tertiary/aromatic N) is 1. The van der Waals surface area contributed by atoms with Gasteiger partial charge in [0.1, 0.15) is 11.8 Å². The monoisotopic (exact) mass is 413 g/mol. The highest BCUT2D eigenvalue weighted by Crippen LogP contribution is 2.61. The van der Waals surface area contributed by atoms with Gasteiger partial charge < -0.3 is 9.47 Å². The van der Waals surface area contributed by atoms with Gasteiger partial charge in [0, 0.05) is 10.6 Å². The number of esters is 1. The van der Waals surface area contributed by atoms with E-state index in [0.29, 0.717) is 22.8 Å². The summed E-state index contributed by atoms with van der Waals surface area (Å²) in [6.07, 6.45) is -0.658. The Balaban J connectivity index is 1.75. The maximum absolute atomic E-state index is 14.2. The number of ether oxygens (including phenoxy) is 2. The SMILES string of the molecule is C=C(Cl)CC1C(C(=O)O[C@@H](C#N)c2ccc(F)c(Oc3ccccc3)c2)C1(C)C. The van der Waals surface area contributed by atoms with Gasteiger partial charge in [0.2, 0.25) is 6.10 Å². The van der Waals surface area contributed by atoms with E-state index in [2.05, 4.69) is 6.58 Å². The number of halogens is 2. The lowest BCUT2D eigenvalue weighted by Crippen LogP contribution is -2.14. The molecule has 4 nitrogen and oxygen atoms in total. The molecule has 2 aromatic carbocycles. The van der Waals surface area contributed by atoms with Crippen LogP contribution in [0.5, 0.6) is 11.5 Å². The molecule has 1 aliphatic carbocycles. The topological polar surface area (TPSA) is 59.3 Å². The minimum Gasteiger partial charge on any atom is -0.454 e. The minimum atomic E-state index is -1.17. The predicted molar refractivity (Wildman–Crippen MR) is 108 cm³/mol. The van der Waals surface area contributed by atoms with Crippen LogP contribution in [0.4, 0.5) is 4.39 Å². The fourth-order valence-electron chi connectivity index (χ4n) is 3.57. The van der Waals surface area contributed by atoms with Crippen LogP contribution in [0.15, 0.2) is 60.1 Å². The highest BCUT2D eigenvalue weighted by atomic mass is 35.5. The molecule has 6 heteroatoms. The van der Waals surface area contributed by atoms with E-state index in [9.17, 15) is 14.4 Å². The van der Waals surface area contributed by atoms with Crippen molar-refractivity contribution in [3.8, 4) is 17.6 Å². The lowest BCUT2D eigenvalue weighted by molar-refractivity contribution is -0.149. The van der Waals surface area contributed by atoms with Crippen LogP contribution in [-0.4, -0.2) is 5.97 Å². The largest absolute Gasteiger partial charge is 0.454 e. The summed E-state index contributed by atoms with van der Waals surface area (Å²) in [7, 11) is 0. The summed E-state index contributed by atoms with van der Waals surface area (Å²) in [5.74, 6) is -0.992. The first-order chi connectivity index (χ1) is 13.7. The molecule has 1 fully saturated rings. The lowest BCUT2D eigenvalue weighted by atomic mass is 10.1. The van der Waals surface area contributed by atoms with Crippen molar-refractivity contribution in [2.45, 2.75) is 26.4 Å². The van der Waals surface area contributed by atoms with Gasteiger partial charge in [-0.2, -0.15) is 5.26 Å². The van der Waals surface area contributed by atoms with Gasteiger partial charge in [-0.05, 0) is 42.0 Å². The second-order valence-corrected chi connectivity index (χ2v) is 8.21. The first-order valence-corrected chi connectivity index (χ1v) is 9.57. The molecule has 0 heterocycles. The van der Waals surface area contributed by atoms with Gasteiger partial charge in [-0.1, -0.05) is 56.3 Å². The fraction of sp³-hybridized carbons (Fsp3) is 0.304. The smallest absolute Gasteiger partial charge is 0.311 e. The molecule has 1 saturated carbocycles. The van der Waals surface area contributed by atoms with E-state index in [1.807, 2.05) is 26.0 Å². The minimum absolute atomic E-state index is 0.0181. The summed E-state index contributed by atoms with van der Waals surface area (Å²) in [4.78, 5) is 12.6. The van der Waals surface area contributed by atoms with Crippen LogP contribution in [0.2, 0.25) is 0 Å². The molecule has 2 aromatic rings. The van der Waals surface area contributed by atoms with E-state index in [-0.39, 0.29) is 23.0 Å². The second kappa shape index (κ2) is 8.26. The van der Waals surface area contributed by atoms with Gasteiger partial charge in [-0.15, -0.1) is 0 Å². The third kappa shape index (κ3) is 4.60. The number of nitriles is 1. The summed E-state index contributed by atoms with van der Waals surface area (Å²) >= 11 is 5.89. The van der Waals surface area contributed by atoms with Gasteiger partial charge in [0.25, 0.3) is 0 Å². The first-order valence-electron chi connectivity index (χ1n) is 9.19. The average Bonchev–Trinajstić information content (AvgIpc) is 3.21. The number of hydrogen-bond donors (Lipinski definition) is 0. The zero-order valence-electron chi connectivity index (χ0n) is 16.2. The molecule has 0 saturated heterocycles. The third-order valence-corrected chi connectivity index (χ3v) is 5.48. The van der Waals surface area contributed by atoms with E-state index in [0.717, 1.165) is 0 Å². The molecule has 2 unspecified atom stereocenters. The molecule has 0 aliphatic heterocycles. The Morgan fingerprint density at radius 2 is 2.00 bits per heavy atom. The number of carbonyl (C=O) groups is 1. The molecule has 0 bridgehead atoms. The zero-order chi connectivity index (χ0) is 21.2. The Bertz CT molecular complexity index is 968. The Morgan fingerprint density at radius 3 is 2.62 bits per heavy atom. The first kappa shape index (κ1) is 20.9. The fourth-order valence-corrected chi connectivity index (χ4v) is 3.73. The maximum atomic E-state index is 14.2. The summed E-state index contributed by atoms with van der Waals surface area (Å²) in [6.45, 7) is 7.59. The number of allylic oxidation sites excluding steroid dienone is 1. The molecule has 150 valence electrons. The van der Waals surface area contributed by atoms with Crippen molar-refractivity contribution in [1.82, 2.24) is 0 Å². The number of rotatable bonds is 7. The molecule has 0 N–H and O–H groups in total. The summed E-state index contributed by atoms with van der Waals surface area (Å²) in [5, 5.41) is 10.0. The standard InChI is InChI=1S/C23H21ClFNO3/c1-14(24)11-17-21(23(17,2)3)22(27)29-20(13-26)15-9-10-18(25)19(12-15)28-16-7-5-4-6-8-16/h4-10,12,17,20-21H,1,11H2,2-3H3/t17?,20-,21?/m0/s1. The Morgan fingerprint density at radius 1 is 1.31 bits per heavy atom. The molecule has 3 atom stereocenters. The van der Waals surface area contributed by atoms with Crippen molar-refractivity contribution >= 4 is 17.6 Å². The van der Waals surface area contributed by atoms with Crippen LogP contribution >= 0.6 is 11.6 Å². The number of para-hydroxylation sites is 1. The van der Waals surface area contributed by atoms with Gasteiger partial charge in [0.05, 0.1) is 5.92 Å². The van der Waals surface area contributed by atoms with E-state index < -0.39 is 17.9 Å². The highest BCUT2D eigenvalue weighted by Gasteiger charge is 2.62. The second-order valence-electron chi connectivity index (χ2n) is 7.68. The van der Waals surface area contributed by atoms with Gasteiger partial charge in [-0.25, -0.2) is 4.39 Å². The lowest BCUT2D eigenvalue weighted by Gasteiger charge is -2.14. The van der Waals surface area contributed by atoms with Crippen molar-refractivity contribution in [3.63, 3.8) is 0 Å². The number of hydrogen-bond acceptors (Lipinski definition) is 4. The van der Waals surface area contributed by atoms with Crippen LogP contribution in [0.25, 0.3) is 0 Å². The van der Waals surface area contributed by atoms with Crippen molar-refractivity contribution in [1.29, 1.82) is 5.26 Å². The van der Waals surface area contributed by atoms with E-state index in [1.54, 1.807) is 24.3 Å². The Hall–Kier alpha value is -2.84. The molecule has 0 aromatic heterocycles. The van der Waals surface area contributed by atoms with Crippen molar-refractivity contribution in [2.75, 3.05) is 0 Å². The molecule has 29 heavy (non-hydrogen) atoms. The third-order valence-electron chi connectivity index (χ3n) is 5.33. The highest BCUT2D eigenvalue weighted by molar-refractivity contribution is 6.29. The van der Waals surface area contributed by atoms with Crippen molar-refractivity contribution < 1.29 is 18.7 Å². The van der Waals surface area contributed by atoms with Crippen LogP contribution in [0, 0.1) is 34.4 Å². The van der Waals surface area contributed by atoms with Crippen LogP contribution < -0.4 is 4.74 Å². The normalized spacial score (nSPS) is 20.2. The number of benzene rings is 2. The van der Waals surface area contributed by atoms with Crippen LogP contribution in [0.1, 0.15) is 31.9 Å². The van der Waals surface area contributed by atoms with Gasteiger partial charge >= 0.3 is 5.97 Å². The van der Waals surface area contributed by atoms with E-state index in [1.165, 1.54) is 18.2 Å². The summed E-state index contributed by atoms with van der Waals surface area (Å²) in [5.41, 5.74) is 0.0594. The quantitative estimate of drug-likeness (QED) is 0.511. The summed E-state index contributed by atoms with van der Waals surface area (Å²) < 4.78 is 25.2. The molecular weight excluding hydrogens is 393 g/mol. The van der Waals surface area contributed by atoms with Gasteiger partial charge in [0.15, 0.2) is 11.6 Å². The van der Waals surface area contributed by atoms with E-state index >= 15 is 0 Å². The average molecular weight is 414 g/mol. The molecule has 0 radical (unpaired) electrons. The molecule has 1 aliphatic rings. The van der Waals surface area contributed by atoms with E-state index in [4.69, 9.17) is 21.1 Å². The van der Waals surface area contributed by atoms with Crippen molar-refractivity contribution in [2.24, 2.45) is 17.3 Å². The number of carbonyl (C=O) groups excluding carboxylic acids is 1. The Labute approximate surface area is 174 Å². The Kier molecular flexibility index (Phi) is 5.95. The van der Waals surface area contributed by atoms with Crippen LogP contribution in [0.3, 0.4) is 0 Å². The maximum Gasteiger partial charge on any atom is 0.311 e. The zero-order valence-corrected chi connectivity index (χ0v) is 16.9. The predicted octanol–water partition coefficient (Wildman–Crippen LogP) is 6.14. The van der Waals surface area contributed by atoms with Gasteiger partial charge in [-0.3, -0.25) is 4.79 Å². The van der Waals surface area contributed by atoms with Crippen molar-refractivity contribution in [3.05, 3.63) is 71.5 Å². The molecular formula is C23H21ClFNO3. The molecule has 0 spiro atoms. The molecule has 3 rings (SSSR count). The summed E-state index contributed by atoms with van der Waals surface area (Å²) in [6, 6.07) is 14.7. The van der Waals surface area contributed by atoms with Crippen LogP contribution in [-0.2, 0) is 9.53 Å².